The molecule has 1 aromatic heterocycles. The first-order valence-electron chi connectivity index (χ1n) is 8.84. The van der Waals surface area contributed by atoms with Crippen molar-refractivity contribution in [3.63, 3.8) is 0 Å². The third kappa shape index (κ3) is 2.08. The van der Waals surface area contributed by atoms with Crippen molar-refractivity contribution in [2.75, 3.05) is 12.3 Å². The molecule has 0 unspecified atom stereocenters. The lowest BCUT2D eigenvalue weighted by atomic mass is 9.70. The highest BCUT2D eigenvalue weighted by molar-refractivity contribution is 7.89. The van der Waals surface area contributed by atoms with Crippen LogP contribution in [0, 0.1) is 16.7 Å². The Balaban J connectivity index is 1.65. The van der Waals surface area contributed by atoms with E-state index in [4.69, 9.17) is 4.42 Å². The van der Waals surface area contributed by atoms with Crippen LogP contribution in [0.2, 0.25) is 0 Å². The number of fused-ring (bicyclic) bond motifs is 2. The van der Waals surface area contributed by atoms with E-state index in [1.54, 1.807) is 16.6 Å². The highest BCUT2D eigenvalue weighted by Crippen LogP contribution is 2.64. The van der Waals surface area contributed by atoms with Gasteiger partial charge >= 0.3 is 0 Å². The third-order valence-electron chi connectivity index (χ3n) is 7.00. The van der Waals surface area contributed by atoms with Gasteiger partial charge in [0.15, 0.2) is 0 Å². The fraction of sp³-hybridized carbons (Fsp3) is 0.722. The Morgan fingerprint density at radius 1 is 1.33 bits per heavy atom. The van der Waals surface area contributed by atoms with Crippen molar-refractivity contribution in [3.8, 4) is 0 Å². The van der Waals surface area contributed by atoms with Crippen LogP contribution < -0.4 is 0 Å². The van der Waals surface area contributed by atoms with Gasteiger partial charge in [0.2, 0.25) is 10.0 Å². The van der Waals surface area contributed by atoms with Gasteiger partial charge in [-0.3, -0.25) is 4.79 Å². The number of Topliss-reactive ketones (excluding diaryl/α,β-unsaturated/α-hetero) is 1. The first kappa shape index (κ1) is 16.3. The maximum absolute atomic E-state index is 13.2. The molecule has 6 heteroatoms. The van der Waals surface area contributed by atoms with Gasteiger partial charge in [-0.05, 0) is 49.1 Å². The van der Waals surface area contributed by atoms with Crippen LogP contribution in [0.25, 0.3) is 0 Å². The standard InChI is InChI=1S/C18H25NO4S/c1-17(2)13-7-8-18(17,16(20)11-13)12-24(21,22)19-9-3-5-14(19)15-6-4-10-23-15/h4,6,10,13-14H,3,5,7-9,11-12H2,1-2H3/t13-,14-,18+/m0/s1. The van der Waals surface area contributed by atoms with Crippen molar-refractivity contribution >= 4 is 15.8 Å². The van der Waals surface area contributed by atoms with Crippen molar-refractivity contribution in [2.45, 2.75) is 52.0 Å². The second kappa shape index (κ2) is 5.18. The Labute approximate surface area is 143 Å². The number of carbonyl (C=O) groups is 1. The molecule has 1 aliphatic heterocycles. The zero-order valence-corrected chi connectivity index (χ0v) is 15.1. The quantitative estimate of drug-likeness (QED) is 0.836. The Kier molecular flexibility index (Phi) is 3.52. The third-order valence-corrected chi connectivity index (χ3v) is 9.01. The molecule has 0 amide bonds. The molecule has 3 fully saturated rings. The van der Waals surface area contributed by atoms with E-state index in [1.165, 1.54) is 0 Å². The fourth-order valence-electron chi connectivity index (χ4n) is 5.34. The predicted octanol–water partition coefficient (Wildman–Crippen LogP) is 3.14. The molecule has 132 valence electrons. The van der Waals surface area contributed by atoms with E-state index in [2.05, 4.69) is 13.8 Å². The molecule has 2 saturated carbocycles. The SMILES string of the molecule is CC1(C)[C@H]2CC[C@@]1(CS(=O)(=O)N1CCC[C@H]1c1ccco1)C(=O)C2. The summed E-state index contributed by atoms with van der Waals surface area (Å²) in [6.07, 6.45) is 5.42. The van der Waals surface area contributed by atoms with Gasteiger partial charge in [0.05, 0.1) is 18.1 Å². The van der Waals surface area contributed by atoms with Crippen LogP contribution >= 0.6 is 0 Å². The summed E-state index contributed by atoms with van der Waals surface area (Å²) in [5.74, 6) is 1.15. The first-order valence-corrected chi connectivity index (χ1v) is 10.5. The van der Waals surface area contributed by atoms with Crippen LogP contribution in [0.5, 0.6) is 0 Å². The molecule has 3 aliphatic rings. The van der Waals surface area contributed by atoms with Gasteiger partial charge in [-0.1, -0.05) is 13.8 Å². The minimum Gasteiger partial charge on any atom is -0.468 e. The van der Waals surface area contributed by atoms with Crippen LogP contribution in [0.15, 0.2) is 22.8 Å². The normalized spacial score (nSPS) is 35.8. The number of nitrogens with zero attached hydrogens (tertiary/aromatic N) is 1. The number of ketones is 1. The number of carbonyl (C=O) groups excluding carboxylic acids is 1. The second-order valence-corrected chi connectivity index (χ2v) is 10.1. The molecular formula is C18H25NO4S. The van der Waals surface area contributed by atoms with Crippen molar-refractivity contribution < 1.29 is 17.6 Å². The zero-order chi connectivity index (χ0) is 17.2. The summed E-state index contributed by atoms with van der Waals surface area (Å²) in [6, 6.07) is 3.41. The Morgan fingerprint density at radius 2 is 2.12 bits per heavy atom. The minimum absolute atomic E-state index is 0.0421. The number of sulfonamides is 1. The monoisotopic (exact) mass is 351 g/mol. The van der Waals surface area contributed by atoms with E-state index >= 15 is 0 Å². The Hall–Kier alpha value is -1.14. The molecule has 5 nitrogen and oxygen atoms in total. The maximum Gasteiger partial charge on any atom is 0.215 e. The van der Waals surface area contributed by atoms with Gasteiger partial charge in [-0.25, -0.2) is 8.42 Å². The largest absolute Gasteiger partial charge is 0.468 e. The summed E-state index contributed by atoms with van der Waals surface area (Å²) >= 11 is 0. The number of furan rings is 1. The molecule has 24 heavy (non-hydrogen) atoms. The minimum atomic E-state index is -3.51. The molecule has 2 aliphatic carbocycles. The molecule has 1 aromatic rings. The predicted molar refractivity (Wildman–Crippen MR) is 89.7 cm³/mol. The maximum atomic E-state index is 13.2. The zero-order valence-electron chi connectivity index (χ0n) is 14.3. The number of hydrogen-bond donors (Lipinski definition) is 0. The summed E-state index contributed by atoms with van der Waals surface area (Å²) in [5.41, 5.74) is -0.927. The lowest BCUT2D eigenvalue weighted by Crippen LogP contribution is -2.46. The van der Waals surface area contributed by atoms with Crippen LogP contribution in [-0.2, 0) is 14.8 Å². The van der Waals surface area contributed by atoms with Crippen molar-refractivity contribution in [1.82, 2.24) is 4.31 Å². The van der Waals surface area contributed by atoms with Crippen LogP contribution in [-0.4, -0.2) is 30.8 Å². The van der Waals surface area contributed by atoms with Crippen LogP contribution in [0.1, 0.15) is 57.8 Å². The van der Waals surface area contributed by atoms with Crippen molar-refractivity contribution in [1.29, 1.82) is 0 Å². The summed E-state index contributed by atoms with van der Waals surface area (Å²) in [5, 5.41) is 0. The van der Waals surface area contributed by atoms with Crippen molar-refractivity contribution in [3.05, 3.63) is 24.2 Å². The molecule has 2 bridgehead atoms. The van der Waals surface area contributed by atoms with Gasteiger partial charge in [0.1, 0.15) is 11.5 Å². The van der Waals surface area contributed by atoms with Gasteiger partial charge in [0, 0.05) is 18.4 Å². The fourth-order valence-corrected chi connectivity index (χ4v) is 7.81. The van der Waals surface area contributed by atoms with E-state index in [-0.39, 0.29) is 23.0 Å². The van der Waals surface area contributed by atoms with E-state index < -0.39 is 15.4 Å². The van der Waals surface area contributed by atoms with Crippen LogP contribution in [0.3, 0.4) is 0 Å². The molecule has 0 aromatic carbocycles. The summed E-state index contributed by atoms with van der Waals surface area (Å²) < 4.78 is 33.5. The molecule has 4 rings (SSSR count). The van der Waals surface area contributed by atoms with Crippen molar-refractivity contribution in [2.24, 2.45) is 16.7 Å². The lowest BCUT2D eigenvalue weighted by Gasteiger charge is -2.37. The Morgan fingerprint density at radius 3 is 2.71 bits per heavy atom. The van der Waals surface area contributed by atoms with E-state index in [0.29, 0.717) is 31.1 Å². The molecular weight excluding hydrogens is 326 g/mol. The molecule has 1 saturated heterocycles. The van der Waals surface area contributed by atoms with Gasteiger partial charge in [0.25, 0.3) is 0 Å². The molecule has 0 N–H and O–H groups in total. The average molecular weight is 351 g/mol. The highest BCUT2D eigenvalue weighted by atomic mass is 32.2. The average Bonchev–Trinajstić information content (AvgIpc) is 3.24. The molecule has 0 radical (unpaired) electrons. The highest BCUT2D eigenvalue weighted by Gasteiger charge is 2.65. The number of rotatable bonds is 4. The van der Waals surface area contributed by atoms with Gasteiger partial charge < -0.3 is 4.42 Å². The number of hydrogen-bond acceptors (Lipinski definition) is 4. The molecule has 2 heterocycles. The molecule has 3 atom stereocenters. The molecule has 0 spiro atoms. The van der Waals surface area contributed by atoms with Gasteiger partial charge in [-0.15, -0.1) is 0 Å². The van der Waals surface area contributed by atoms with Crippen LogP contribution in [0.4, 0.5) is 0 Å². The van der Waals surface area contributed by atoms with E-state index in [9.17, 15) is 13.2 Å². The smallest absolute Gasteiger partial charge is 0.215 e. The summed E-state index contributed by atoms with van der Waals surface area (Å²) in [6.45, 7) is 4.68. The topological polar surface area (TPSA) is 67.6 Å². The summed E-state index contributed by atoms with van der Waals surface area (Å²) in [4.78, 5) is 12.7. The summed E-state index contributed by atoms with van der Waals surface area (Å²) in [7, 11) is -3.51. The lowest BCUT2D eigenvalue weighted by molar-refractivity contribution is -0.128. The van der Waals surface area contributed by atoms with E-state index in [0.717, 1.165) is 19.3 Å². The van der Waals surface area contributed by atoms with E-state index in [1.807, 2.05) is 6.07 Å². The Bertz CT molecular complexity index is 752. The van der Waals surface area contributed by atoms with Gasteiger partial charge in [-0.2, -0.15) is 4.31 Å². The first-order chi connectivity index (χ1) is 11.3. The second-order valence-electron chi connectivity index (χ2n) is 8.21.